The molecule has 0 radical (unpaired) electrons. The second-order valence-electron chi connectivity index (χ2n) is 3.85. The Balaban J connectivity index is 2.47. The van der Waals surface area contributed by atoms with E-state index < -0.39 is 0 Å². The Morgan fingerprint density at radius 2 is 2.38 bits per heavy atom. The van der Waals surface area contributed by atoms with Crippen LogP contribution in [0, 0.1) is 0 Å². The average Bonchev–Trinajstić information content (AvgIpc) is 2.55. The Hall–Kier alpha value is -1.07. The van der Waals surface area contributed by atoms with Crippen molar-refractivity contribution in [1.29, 1.82) is 0 Å². The van der Waals surface area contributed by atoms with E-state index in [2.05, 4.69) is 33.2 Å². The second kappa shape index (κ2) is 4.43. The molecule has 16 heavy (non-hydrogen) atoms. The van der Waals surface area contributed by atoms with Crippen molar-refractivity contribution in [2.75, 3.05) is 7.05 Å². The summed E-state index contributed by atoms with van der Waals surface area (Å²) < 4.78 is 2.75. The quantitative estimate of drug-likeness (QED) is 0.905. The Morgan fingerprint density at radius 1 is 1.62 bits per heavy atom. The molecule has 0 aliphatic carbocycles. The van der Waals surface area contributed by atoms with Gasteiger partial charge in [0.15, 0.2) is 0 Å². The molecular weight excluding hydrogens is 270 g/mol. The van der Waals surface area contributed by atoms with Crippen LogP contribution < -0.4 is 5.32 Å². The molecule has 2 aromatic heterocycles. The minimum absolute atomic E-state index is 0.251. The number of pyridine rings is 1. The number of nitrogens with one attached hydrogen (secondary N) is 1. The van der Waals surface area contributed by atoms with Gasteiger partial charge >= 0.3 is 0 Å². The summed E-state index contributed by atoms with van der Waals surface area (Å²) in [4.78, 5) is 4.45. The number of aromatic hydroxyl groups is 1. The molecule has 4 nitrogen and oxygen atoms in total. The third-order valence-electron chi connectivity index (χ3n) is 2.64. The molecule has 5 heteroatoms. The standard InChI is InChI=1S/C11H14BrN3O/c1-7(13-2)5-10-14-11(12)9-6-8(16)3-4-15(9)10/h3-4,6-7,13,16H,5H2,1-2H3. The molecule has 1 unspecified atom stereocenters. The van der Waals surface area contributed by atoms with Crippen LogP contribution in [-0.2, 0) is 6.42 Å². The highest BCUT2D eigenvalue weighted by Crippen LogP contribution is 2.23. The van der Waals surface area contributed by atoms with Gasteiger partial charge in [0.25, 0.3) is 0 Å². The number of hydrogen-bond acceptors (Lipinski definition) is 3. The first-order valence-corrected chi connectivity index (χ1v) is 5.94. The number of imidazole rings is 1. The van der Waals surface area contributed by atoms with Crippen molar-refractivity contribution in [3.05, 3.63) is 28.8 Å². The van der Waals surface area contributed by atoms with Crippen molar-refractivity contribution in [3.63, 3.8) is 0 Å². The molecule has 0 aliphatic rings. The molecule has 2 rings (SSSR count). The monoisotopic (exact) mass is 283 g/mol. The molecule has 2 N–H and O–H groups in total. The molecule has 0 aliphatic heterocycles. The molecule has 0 saturated carbocycles. The zero-order chi connectivity index (χ0) is 11.7. The van der Waals surface area contributed by atoms with Crippen molar-refractivity contribution in [1.82, 2.24) is 14.7 Å². The summed E-state index contributed by atoms with van der Waals surface area (Å²) in [6.07, 6.45) is 2.67. The molecule has 0 amide bonds. The minimum atomic E-state index is 0.251. The largest absolute Gasteiger partial charge is 0.508 e. The first-order chi connectivity index (χ1) is 7.61. The minimum Gasteiger partial charge on any atom is -0.508 e. The highest BCUT2D eigenvalue weighted by Gasteiger charge is 2.11. The van der Waals surface area contributed by atoms with E-state index in [-0.39, 0.29) is 5.75 Å². The van der Waals surface area contributed by atoms with Crippen LogP contribution in [0.5, 0.6) is 5.75 Å². The average molecular weight is 284 g/mol. The molecule has 0 fully saturated rings. The molecular formula is C11H14BrN3O. The van der Waals surface area contributed by atoms with Crippen LogP contribution in [-0.4, -0.2) is 27.6 Å². The molecule has 1 atom stereocenters. The maximum Gasteiger partial charge on any atom is 0.132 e. The van der Waals surface area contributed by atoms with Crippen molar-refractivity contribution in [2.24, 2.45) is 0 Å². The fourth-order valence-electron chi connectivity index (χ4n) is 1.62. The zero-order valence-electron chi connectivity index (χ0n) is 9.24. The Labute approximate surface area is 102 Å². The van der Waals surface area contributed by atoms with Gasteiger partial charge in [0, 0.05) is 24.7 Å². The number of likely N-dealkylation sites (N-methyl/N-ethyl adjacent to an activating group) is 1. The molecule has 0 saturated heterocycles. The van der Waals surface area contributed by atoms with E-state index >= 15 is 0 Å². The molecule has 86 valence electrons. The summed E-state index contributed by atoms with van der Waals surface area (Å²) in [6, 6.07) is 3.73. The van der Waals surface area contributed by atoms with Gasteiger partial charge in [-0.05, 0) is 36.0 Å². The van der Waals surface area contributed by atoms with E-state index in [0.29, 0.717) is 6.04 Å². The maximum absolute atomic E-state index is 9.42. The van der Waals surface area contributed by atoms with Crippen LogP contribution >= 0.6 is 15.9 Å². The molecule has 0 bridgehead atoms. The van der Waals surface area contributed by atoms with Crippen LogP contribution in [0.15, 0.2) is 22.9 Å². The Morgan fingerprint density at radius 3 is 3.06 bits per heavy atom. The lowest BCUT2D eigenvalue weighted by molar-refractivity contribution is 0.475. The van der Waals surface area contributed by atoms with Crippen molar-refractivity contribution in [3.8, 4) is 5.75 Å². The second-order valence-corrected chi connectivity index (χ2v) is 4.60. The molecule has 0 aromatic carbocycles. The van der Waals surface area contributed by atoms with Gasteiger partial charge in [0.1, 0.15) is 16.2 Å². The van der Waals surface area contributed by atoms with Crippen LogP contribution in [0.3, 0.4) is 0 Å². The van der Waals surface area contributed by atoms with Crippen LogP contribution in [0.4, 0.5) is 0 Å². The zero-order valence-corrected chi connectivity index (χ0v) is 10.8. The number of hydrogen-bond donors (Lipinski definition) is 2. The van der Waals surface area contributed by atoms with Gasteiger partial charge < -0.3 is 14.8 Å². The highest BCUT2D eigenvalue weighted by molar-refractivity contribution is 9.10. The Kier molecular flexibility index (Phi) is 3.16. The lowest BCUT2D eigenvalue weighted by Crippen LogP contribution is -2.24. The summed E-state index contributed by atoms with van der Waals surface area (Å²) in [5.41, 5.74) is 0.887. The molecule has 0 spiro atoms. The van der Waals surface area contributed by atoms with Gasteiger partial charge in [0.2, 0.25) is 0 Å². The summed E-state index contributed by atoms with van der Waals surface area (Å²) in [5.74, 6) is 1.23. The van der Waals surface area contributed by atoms with E-state index in [0.717, 1.165) is 22.4 Å². The van der Waals surface area contributed by atoms with Gasteiger partial charge in [-0.2, -0.15) is 0 Å². The number of halogens is 1. The van der Waals surface area contributed by atoms with E-state index in [9.17, 15) is 5.11 Å². The Bertz CT molecular complexity index is 509. The lowest BCUT2D eigenvalue weighted by Gasteiger charge is -2.08. The van der Waals surface area contributed by atoms with Gasteiger partial charge in [-0.3, -0.25) is 0 Å². The normalized spacial score (nSPS) is 13.2. The summed E-state index contributed by atoms with van der Waals surface area (Å²) >= 11 is 3.40. The predicted octanol–water partition coefficient (Wildman–Crippen LogP) is 1.95. The van der Waals surface area contributed by atoms with E-state index in [4.69, 9.17) is 0 Å². The topological polar surface area (TPSA) is 49.6 Å². The fourth-order valence-corrected chi connectivity index (χ4v) is 2.13. The summed E-state index contributed by atoms with van der Waals surface area (Å²) in [6.45, 7) is 2.11. The predicted molar refractivity (Wildman–Crippen MR) is 66.8 cm³/mol. The molecule has 2 aromatic rings. The lowest BCUT2D eigenvalue weighted by atomic mass is 10.2. The fraction of sp³-hybridized carbons (Fsp3) is 0.364. The highest BCUT2D eigenvalue weighted by atomic mass is 79.9. The van der Waals surface area contributed by atoms with Crippen molar-refractivity contribution < 1.29 is 5.11 Å². The van der Waals surface area contributed by atoms with Crippen LogP contribution in [0.25, 0.3) is 5.52 Å². The van der Waals surface area contributed by atoms with Crippen LogP contribution in [0.1, 0.15) is 12.7 Å². The first kappa shape index (κ1) is 11.4. The van der Waals surface area contributed by atoms with E-state index in [1.54, 1.807) is 12.1 Å². The van der Waals surface area contributed by atoms with Gasteiger partial charge in [-0.1, -0.05) is 0 Å². The van der Waals surface area contributed by atoms with Gasteiger partial charge in [-0.25, -0.2) is 4.98 Å². The summed E-state index contributed by atoms with van der Waals surface area (Å²) in [5, 5.41) is 12.6. The number of nitrogens with zero attached hydrogens (tertiary/aromatic N) is 2. The SMILES string of the molecule is CNC(C)Cc1nc(Br)c2cc(O)ccn12. The third kappa shape index (κ3) is 2.05. The maximum atomic E-state index is 9.42. The first-order valence-electron chi connectivity index (χ1n) is 5.14. The van der Waals surface area contributed by atoms with Crippen molar-refractivity contribution >= 4 is 21.4 Å². The smallest absolute Gasteiger partial charge is 0.132 e. The number of fused-ring (bicyclic) bond motifs is 1. The van der Waals surface area contributed by atoms with Crippen LogP contribution in [0.2, 0.25) is 0 Å². The van der Waals surface area contributed by atoms with Crippen molar-refractivity contribution in [2.45, 2.75) is 19.4 Å². The van der Waals surface area contributed by atoms with E-state index in [1.165, 1.54) is 0 Å². The van der Waals surface area contributed by atoms with Gasteiger partial charge in [0.05, 0.1) is 5.52 Å². The third-order valence-corrected chi connectivity index (χ3v) is 3.22. The number of rotatable bonds is 3. The summed E-state index contributed by atoms with van der Waals surface area (Å²) in [7, 11) is 1.93. The van der Waals surface area contributed by atoms with E-state index in [1.807, 2.05) is 17.6 Å². The number of aromatic nitrogens is 2. The molecule has 2 heterocycles. The van der Waals surface area contributed by atoms with Gasteiger partial charge in [-0.15, -0.1) is 0 Å².